The van der Waals surface area contributed by atoms with Gasteiger partial charge in [-0.25, -0.2) is 0 Å². The number of nitrogens with zero attached hydrogens (tertiary/aromatic N) is 2. The Balaban J connectivity index is 1.75. The van der Waals surface area contributed by atoms with Gasteiger partial charge in [-0.1, -0.05) is 22.8 Å². The topological polar surface area (TPSA) is 60.2 Å². The molecule has 0 amide bonds. The molecule has 0 saturated heterocycles. The van der Waals surface area contributed by atoms with E-state index in [0.29, 0.717) is 23.5 Å². The van der Waals surface area contributed by atoms with Crippen molar-refractivity contribution in [3.8, 4) is 17.2 Å². The summed E-state index contributed by atoms with van der Waals surface area (Å²) in [5, 5.41) is 11.8. The van der Waals surface area contributed by atoms with Gasteiger partial charge < -0.3 is 14.5 Å². The van der Waals surface area contributed by atoms with Gasteiger partial charge in [0.15, 0.2) is 0 Å². The van der Waals surface area contributed by atoms with E-state index in [-0.39, 0.29) is 0 Å². The standard InChI is InChI=1S/C17H16ClN3O2/c1-3-22-14-8-5-12(6-9-14)16-20-21-17(23-16)19-13-7-4-11(2)15(18)10-13/h4-10H,3H2,1-2H3,(H,19,21). The Morgan fingerprint density at radius 2 is 1.91 bits per heavy atom. The predicted octanol–water partition coefficient (Wildman–Crippen LogP) is 4.84. The predicted molar refractivity (Wildman–Crippen MR) is 90.4 cm³/mol. The second-order valence-electron chi connectivity index (χ2n) is 4.96. The molecule has 0 saturated carbocycles. The minimum absolute atomic E-state index is 0.314. The van der Waals surface area contributed by atoms with Gasteiger partial charge >= 0.3 is 6.01 Å². The Morgan fingerprint density at radius 1 is 1.13 bits per heavy atom. The van der Waals surface area contributed by atoms with Crippen LogP contribution in [0.25, 0.3) is 11.5 Å². The van der Waals surface area contributed by atoms with Crippen LogP contribution in [0.1, 0.15) is 12.5 Å². The first kappa shape index (κ1) is 15.4. The molecule has 2 aromatic carbocycles. The summed E-state index contributed by atoms with van der Waals surface area (Å²) in [7, 11) is 0. The molecule has 1 N–H and O–H groups in total. The van der Waals surface area contributed by atoms with Crippen LogP contribution in [-0.4, -0.2) is 16.8 Å². The summed E-state index contributed by atoms with van der Waals surface area (Å²) in [5.74, 6) is 1.25. The van der Waals surface area contributed by atoms with E-state index >= 15 is 0 Å². The van der Waals surface area contributed by atoms with Gasteiger partial charge in [0.1, 0.15) is 5.75 Å². The van der Waals surface area contributed by atoms with E-state index in [1.807, 2.05) is 56.3 Å². The molecule has 23 heavy (non-hydrogen) atoms. The second kappa shape index (κ2) is 6.71. The van der Waals surface area contributed by atoms with E-state index in [0.717, 1.165) is 22.6 Å². The number of ether oxygens (including phenoxy) is 1. The molecule has 0 spiro atoms. The van der Waals surface area contributed by atoms with Gasteiger partial charge in [-0.05, 0) is 55.8 Å². The molecule has 0 aliphatic carbocycles. The van der Waals surface area contributed by atoms with Crippen molar-refractivity contribution in [2.24, 2.45) is 0 Å². The fraction of sp³-hybridized carbons (Fsp3) is 0.176. The average Bonchev–Trinajstić information content (AvgIpc) is 3.00. The molecule has 118 valence electrons. The van der Waals surface area contributed by atoms with Crippen LogP contribution in [0.2, 0.25) is 5.02 Å². The number of hydrogen-bond acceptors (Lipinski definition) is 5. The number of aryl methyl sites for hydroxylation is 1. The number of benzene rings is 2. The third kappa shape index (κ3) is 3.63. The van der Waals surface area contributed by atoms with Crippen LogP contribution in [0.3, 0.4) is 0 Å². The van der Waals surface area contributed by atoms with E-state index in [9.17, 15) is 0 Å². The first-order valence-corrected chi connectivity index (χ1v) is 7.63. The molecule has 1 heterocycles. The molecule has 3 rings (SSSR count). The van der Waals surface area contributed by atoms with Crippen molar-refractivity contribution in [2.75, 3.05) is 11.9 Å². The van der Waals surface area contributed by atoms with Crippen molar-refractivity contribution >= 4 is 23.3 Å². The third-order valence-corrected chi connectivity index (χ3v) is 3.67. The fourth-order valence-electron chi connectivity index (χ4n) is 2.04. The van der Waals surface area contributed by atoms with Gasteiger partial charge in [-0.15, -0.1) is 5.10 Å². The molecule has 0 aliphatic heterocycles. The molecule has 0 aliphatic rings. The van der Waals surface area contributed by atoms with Crippen molar-refractivity contribution in [1.29, 1.82) is 0 Å². The summed E-state index contributed by atoms with van der Waals surface area (Å²) in [6, 6.07) is 13.5. The lowest BCUT2D eigenvalue weighted by Crippen LogP contribution is -1.90. The normalized spacial score (nSPS) is 10.6. The Morgan fingerprint density at radius 3 is 2.61 bits per heavy atom. The van der Waals surface area contributed by atoms with Gasteiger partial charge in [-0.3, -0.25) is 0 Å². The molecule has 6 heteroatoms. The highest BCUT2D eigenvalue weighted by molar-refractivity contribution is 6.31. The minimum Gasteiger partial charge on any atom is -0.494 e. The number of nitrogens with one attached hydrogen (secondary N) is 1. The van der Waals surface area contributed by atoms with E-state index in [1.54, 1.807) is 0 Å². The van der Waals surface area contributed by atoms with Crippen molar-refractivity contribution < 1.29 is 9.15 Å². The third-order valence-electron chi connectivity index (χ3n) is 3.26. The van der Waals surface area contributed by atoms with E-state index < -0.39 is 0 Å². The molecular formula is C17H16ClN3O2. The zero-order valence-electron chi connectivity index (χ0n) is 12.8. The Kier molecular flexibility index (Phi) is 4.48. The van der Waals surface area contributed by atoms with Gasteiger partial charge in [0.25, 0.3) is 0 Å². The number of anilines is 2. The molecule has 5 nitrogen and oxygen atoms in total. The lowest BCUT2D eigenvalue weighted by atomic mass is 10.2. The summed E-state index contributed by atoms with van der Waals surface area (Å²) in [6.45, 7) is 4.52. The van der Waals surface area contributed by atoms with Crippen molar-refractivity contribution in [2.45, 2.75) is 13.8 Å². The van der Waals surface area contributed by atoms with Crippen LogP contribution in [0, 0.1) is 6.92 Å². The van der Waals surface area contributed by atoms with Crippen molar-refractivity contribution in [3.05, 3.63) is 53.1 Å². The van der Waals surface area contributed by atoms with Crippen molar-refractivity contribution in [3.63, 3.8) is 0 Å². The maximum Gasteiger partial charge on any atom is 0.320 e. The number of hydrogen-bond donors (Lipinski definition) is 1. The molecule has 0 atom stereocenters. The monoisotopic (exact) mass is 329 g/mol. The SMILES string of the molecule is CCOc1ccc(-c2nnc(Nc3ccc(C)c(Cl)c3)o2)cc1. The molecule has 0 radical (unpaired) electrons. The summed E-state index contributed by atoms with van der Waals surface area (Å²) < 4.78 is 11.0. The van der Waals surface area contributed by atoms with Crippen LogP contribution in [-0.2, 0) is 0 Å². The fourth-order valence-corrected chi connectivity index (χ4v) is 2.23. The maximum atomic E-state index is 6.10. The Hall–Kier alpha value is -2.53. The van der Waals surface area contributed by atoms with Crippen molar-refractivity contribution in [1.82, 2.24) is 10.2 Å². The largest absolute Gasteiger partial charge is 0.494 e. The Bertz CT molecular complexity index is 800. The zero-order valence-corrected chi connectivity index (χ0v) is 13.6. The smallest absolute Gasteiger partial charge is 0.320 e. The summed E-state index contributed by atoms with van der Waals surface area (Å²) in [5.41, 5.74) is 2.64. The van der Waals surface area contributed by atoms with Crippen LogP contribution in [0.5, 0.6) is 5.75 Å². The number of aromatic nitrogens is 2. The highest BCUT2D eigenvalue weighted by atomic mass is 35.5. The lowest BCUT2D eigenvalue weighted by molar-refractivity contribution is 0.340. The van der Waals surface area contributed by atoms with Gasteiger partial charge in [-0.2, -0.15) is 0 Å². The Labute approximate surface area is 139 Å². The average molecular weight is 330 g/mol. The lowest BCUT2D eigenvalue weighted by Gasteiger charge is -2.04. The zero-order chi connectivity index (χ0) is 16.2. The number of rotatable bonds is 5. The molecule has 0 bridgehead atoms. The first-order valence-electron chi connectivity index (χ1n) is 7.25. The van der Waals surface area contributed by atoms with Crippen LogP contribution in [0.15, 0.2) is 46.9 Å². The van der Waals surface area contributed by atoms with Gasteiger partial charge in [0.05, 0.1) is 6.61 Å². The van der Waals surface area contributed by atoms with E-state index in [2.05, 4.69) is 15.5 Å². The summed E-state index contributed by atoms with van der Waals surface area (Å²) in [6.07, 6.45) is 0. The van der Waals surface area contributed by atoms with Gasteiger partial charge in [0, 0.05) is 16.3 Å². The first-order chi connectivity index (χ1) is 11.2. The molecule has 1 aromatic heterocycles. The molecular weight excluding hydrogens is 314 g/mol. The second-order valence-corrected chi connectivity index (χ2v) is 5.37. The minimum atomic E-state index is 0.314. The van der Waals surface area contributed by atoms with E-state index in [1.165, 1.54) is 0 Å². The summed E-state index contributed by atoms with van der Waals surface area (Å²) >= 11 is 6.10. The molecule has 0 fully saturated rings. The van der Waals surface area contributed by atoms with Crippen LogP contribution < -0.4 is 10.1 Å². The van der Waals surface area contributed by atoms with Crippen LogP contribution in [0.4, 0.5) is 11.7 Å². The molecule has 0 unspecified atom stereocenters. The highest BCUT2D eigenvalue weighted by Crippen LogP contribution is 2.26. The van der Waals surface area contributed by atoms with Crippen LogP contribution >= 0.6 is 11.6 Å². The van der Waals surface area contributed by atoms with E-state index in [4.69, 9.17) is 20.8 Å². The maximum absolute atomic E-state index is 6.10. The summed E-state index contributed by atoms with van der Waals surface area (Å²) in [4.78, 5) is 0. The number of halogens is 1. The quantitative estimate of drug-likeness (QED) is 0.725. The highest BCUT2D eigenvalue weighted by Gasteiger charge is 2.09. The van der Waals surface area contributed by atoms with Gasteiger partial charge in [0.2, 0.25) is 5.89 Å². The molecule has 3 aromatic rings.